The molecule has 1 amide bonds. The van der Waals surface area contributed by atoms with Gasteiger partial charge >= 0.3 is 0 Å². The molecule has 2 heterocycles. The minimum Gasteiger partial charge on any atom is -0.348 e. The predicted octanol–water partition coefficient (Wildman–Crippen LogP) is 2.71. The second kappa shape index (κ2) is 7.35. The van der Waals surface area contributed by atoms with Crippen LogP contribution >= 0.6 is 0 Å². The summed E-state index contributed by atoms with van der Waals surface area (Å²) in [7, 11) is 0. The van der Waals surface area contributed by atoms with Crippen LogP contribution in [0.15, 0.2) is 36.7 Å². The topological polar surface area (TPSA) is 63.1 Å². The minimum absolute atomic E-state index is 0.0343. The Morgan fingerprint density at radius 3 is 2.36 bits per heavy atom. The summed E-state index contributed by atoms with van der Waals surface area (Å²) in [5.41, 5.74) is 2.03. The number of nitrogens with one attached hydrogen (secondary N) is 1. The molecular formula is C19H27N5O. The third-order valence-corrected chi connectivity index (χ3v) is 5.29. The summed E-state index contributed by atoms with van der Waals surface area (Å²) in [5, 5.41) is 11.0. The van der Waals surface area contributed by atoms with Gasteiger partial charge in [0.1, 0.15) is 0 Å². The van der Waals surface area contributed by atoms with Gasteiger partial charge in [0.2, 0.25) is 5.91 Å². The summed E-state index contributed by atoms with van der Waals surface area (Å²) in [5.74, 6) is 0.0912. The molecule has 1 saturated heterocycles. The van der Waals surface area contributed by atoms with Crippen molar-refractivity contribution in [2.75, 3.05) is 0 Å². The molecule has 0 unspecified atom stereocenters. The lowest BCUT2D eigenvalue weighted by atomic mass is 10.1. The fraction of sp³-hybridized carbons (Fsp3) is 0.526. The zero-order chi connectivity index (χ0) is 18.0. The van der Waals surface area contributed by atoms with Gasteiger partial charge in [-0.05, 0) is 58.2 Å². The van der Waals surface area contributed by atoms with E-state index in [0.29, 0.717) is 12.1 Å². The Labute approximate surface area is 149 Å². The third-order valence-electron chi connectivity index (χ3n) is 5.29. The molecule has 1 fully saturated rings. The first kappa shape index (κ1) is 17.6. The van der Waals surface area contributed by atoms with Crippen LogP contribution in [0.5, 0.6) is 0 Å². The molecule has 1 aromatic carbocycles. The first-order valence-corrected chi connectivity index (χ1v) is 9.02. The van der Waals surface area contributed by atoms with Crippen molar-refractivity contribution in [1.82, 2.24) is 25.2 Å². The van der Waals surface area contributed by atoms with Crippen molar-refractivity contribution in [3.05, 3.63) is 42.2 Å². The highest BCUT2D eigenvalue weighted by Gasteiger charge is 2.34. The van der Waals surface area contributed by atoms with Crippen LogP contribution in [-0.2, 0) is 4.79 Å². The van der Waals surface area contributed by atoms with E-state index in [4.69, 9.17) is 0 Å². The van der Waals surface area contributed by atoms with Crippen molar-refractivity contribution >= 4 is 5.91 Å². The van der Waals surface area contributed by atoms with Gasteiger partial charge in [-0.2, -0.15) is 0 Å². The molecule has 2 aromatic rings. The molecule has 134 valence electrons. The third kappa shape index (κ3) is 3.74. The van der Waals surface area contributed by atoms with E-state index in [1.807, 2.05) is 38.1 Å². The predicted molar refractivity (Wildman–Crippen MR) is 97.4 cm³/mol. The van der Waals surface area contributed by atoms with Gasteiger partial charge in [-0.3, -0.25) is 9.69 Å². The Bertz CT molecular complexity index is 687. The fourth-order valence-corrected chi connectivity index (χ4v) is 3.79. The number of nitrogens with zero attached hydrogens (tertiary/aromatic N) is 4. The van der Waals surface area contributed by atoms with Crippen LogP contribution < -0.4 is 5.32 Å². The highest BCUT2D eigenvalue weighted by atomic mass is 16.2. The Morgan fingerprint density at radius 2 is 1.80 bits per heavy atom. The summed E-state index contributed by atoms with van der Waals surface area (Å²) in [4.78, 5) is 15.0. The first-order valence-electron chi connectivity index (χ1n) is 9.02. The molecule has 0 aliphatic carbocycles. The average Bonchev–Trinajstić information content (AvgIpc) is 3.24. The second-order valence-electron chi connectivity index (χ2n) is 7.07. The summed E-state index contributed by atoms with van der Waals surface area (Å²) in [6.45, 7) is 8.44. The van der Waals surface area contributed by atoms with Crippen LogP contribution in [0.25, 0.3) is 5.69 Å². The van der Waals surface area contributed by atoms with Crippen LogP contribution in [0.1, 0.15) is 52.1 Å². The summed E-state index contributed by atoms with van der Waals surface area (Å²) in [6, 6.07) is 8.81. The Hall–Kier alpha value is -2.21. The molecule has 25 heavy (non-hydrogen) atoms. The lowest BCUT2D eigenvalue weighted by molar-refractivity contribution is -0.127. The number of hydrogen-bond donors (Lipinski definition) is 1. The number of likely N-dealkylation sites (tertiary alicyclic amines) is 1. The molecule has 4 atom stereocenters. The Kier molecular flexibility index (Phi) is 5.18. The molecule has 0 bridgehead atoms. The van der Waals surface area contributed by atoms with Gasteiger partial charge in [0, 0.05) is 12.1 Å². The zero-order valence-electron chi connectivity index (χ0n) is 15.4. The first-order chi connectivity index (χ1) is 12.0. The maximum atomic E-state index is 12.7. The van der Waals surface area contributed by atoms with E-state index in [0.717, 1.165) is 24.1 Å². The molecule has 0 spiro atoms. The lowest BCUT2D eigenvalue weighted by Gasteiger charge is -2.32. The van der Waals surface area contributed by atoms with E-state index in [1.54, 1.807) is 17.1 Å². The SMILES string of the molecule is C[C@H](NC(=O)[C@H](C)N1[C@@H](C)CC[C@@H]1C)c1ccc(-n2ccnn2)cc1. The molecule has 1 aliphatic heterocycles. The smallest absolute Gasteiger partial charge is 0.237 e. The largest absolute Gasteiger partial charge is 0.348 e. The van der Waals surface area contributed by atoms with Crippen molar-refractivity contribution in [2.24, 2.45) is 0 Å². The number of aromatic nitrogens is 3. The minimum atomic E-state index is -0.107. The van der Waals surface area contributed by atoms with E-state index < -0.39 is 0 Å². The molecule has 0 saturated carbocycles. The van der Waals surface area contributed by atoms with Crippen LogP contribution in [0.2, 0.25) is 0 Å². The van der Waals surface area contributed by atoms with Gasteiger partial charge < -0.3 is 5.32 Å². The monoisotopic (exact) mass is 341 g/mol. The quantitative estimate of drug-likeness (QED) is 0.908. The number of amides is 1. The molecule has 1 aliphatic rings. The van der Waals surface area contributed by atoms with Crippen LogP contribution in [0.4, 0.5) is 0 Å². The second-order valence-corrected chi connectivity index (χ2v) is 7.07. The highest BCUT2D eigenvalue weighted by molar-refractivity contribution is 5.81. The summed E-state index contributed by atoms with van der Waals surface area (Å²) >= 11 is 0. The van der Waals surface area contributed by atoms with Crippen molar-refractivity contribution in [1.29, 1.82) is 0 Å². The molecule has 0 radical (unpaired) electrons. The van der Waals surface area contributed by atoms with Gasteiger partial charge in [0.05, 0.1) is 30.2 Å². The normalized spacial score (nSPS) is 23.4. The summed E-state index contributed by atoms with van der Waals surface area (Å²) < 4.78 is 1.71. The fourth-order valence-electron chi connectivity index (χ4n) is 3.79. The van der Waals surface area contributed by atoms with Crippen molar-refractivity contribution in [3.63, 3.8) is 0 Å². The Balaban J connectivity index is 1.63. The van der Waals surface area contributed by atoms with E-state index in [2.05, 4.69) is 34.4 Å². The van der Waals surface area contributed by atoms with Crippen molar-refractivity contribution in [3.8, 4) is 5.69 Å². The van der Waals surface area contributed by atoms with Gasteiger partial charge in [-0.1, -0.05) is 17.3 Å². The average molecular weight is 341 g/mol. The van der Waals surface area contributed by atoms with Gasteiger partial charge in [-0.25, -0.2) is 4.68 Å². The number of carbonyl (C=O) groups is 1. The highest BCUT2D eigenvalue weighted by Crippen LogP contribution is 2.26. The molecule has 6 heteroatoms. The van der Waals surface area contributed by atoms with E-state index in [9.17, 15) is 4.79 Å². The van der Waals surface area contributed by atoms with Crippen molar-refractivity contribution in [2.45, 2.75) is 64.7 Å². The molecular weight excluding hydrogens is 314 g/mol. The van der Waals surface area contributed by atoms with Gasteiger partial charge in [0.15, 0.2) is 0 Å². The zero-order valence-corrected chi connectivity index (χ0v) is 15.4. The number of rotatable bonds is 5. The summed E-state index contributed by atoms with van der Waals surface area (Å²) in [6.07, 6.45) is 5.79. The van der Waals surface area contributed by atoms with E-state index in [1.165, 1.54) is 0 Å². The van der Waals surface area contributed by atoms with Crippen LogP contribution in [0.3, 0.4) is 0 Å². The molecule has 1 N–H and O–H groups in total. The molecule has 3 rings (SSSR count). The maximum absolute atomic E-state index is 12.7. The van der Waals surface area contributed by atoms with Crippen LogP contribution in [-0.4, -0.2) is 43.9 Å². The molecule has 6 nitrogen and oxygen atoms in total. The van der Waals surface area contributed by atoms with E-state index >= 15 is 0 Å². The van der Waals surface area contributed by atoms with E-state index in [-0.39, 0.29) is 18.0 Å². The number of benzene rings is 1. The number of hydrogen-bond acceptors (Lipinski definition) is 4. The standard InChI is InChI=1S/C19H27N5O/c1-13-5-6-14(2)24(13)16(4)19(25)21-15(3)17-7-9-18(10-8-17)23-12-11-20-22-23/h7-16H,5-6H2,1-4H3,(H,21,25)/t13-,14-,15-,16-/m0/s1. The van der Waals surface area contributed by atoms with Gasteiger partial charge in [0.25, 0.3) is 0 Å². The lowest BCUT2D eigenvalue weighted by Crippen LogP contribution is -2.49. The van der Waals surface area contributed by atoms with Gasteiger partial charge in [-0.15, -0.1) is 5.10 Å². The maximum Gasteiger partial charge on any atom is 0.237 e. The Morgan fingerprint density at radius 1 is 1.16 bits per heavy atom. The van der Waals surface area contributed by atoms with Crippen molar-refractivity contribution < 1.29 is 4.79 Å². The van der Waals surface area contributed by atoms with Crippen LogP contribution in [0, 0.1) is 0 Å². The number of carbonyl (C=O) groups excluding carboxylic acids is 1. The molecule has 1 aromatic heterocycles.